The van der Waals surface area contributed by atoms with Gasteiger partial charge in [-0.1, -0.05) is 30.3 Å². The van der Waals surface area contributed by atoms with Gasteiger partial charge in [-0.15, -0.1) is 0 Å². The van der Waals surface area contributed by atoms with Crippen molar-refractivity contribution in [3.63, 3.8) is 0 Å². The van der Waals surface area contributed by atoms with Crippen LogP contribution in [-0.2, 0) is 11.3 Å². The Morgan fingerprint density at radius 3 is 2.48 bits per heavy atom. The van der Waals surface area contributed by atoms with Crippen molar-refractivity contribution in [2.24, 2.45) is 0 Å². The second kappa shape index (κ2) is 9.20. The van der Waals surface area contributed by atoms with Crippen LogP contribution in [0.5, 0.6) is 5.75 Å². The number of nitrogens with one attached hydrogen (secondary N) is 1. The van der Waals surface area contributed by atoms with E-state index in [4.69, 9.17) is 9.47 Å². The second-order valence-electron chi connectivity index (χ2n) is 6.00. The lowest BCUT2D eigenvalue weighted by atomic mass is 10.1. The maximum absolute atomic E-state index is 12.2. The number of amides is 1. The van der Waals surface area contributed by atoms with Crippen LogP contribution in [0.3, 0.4) is 0 Å². The monoisotopic (exact) mass is 340 g/mol. The van der Waals surface area contributed by atoms with Crippen molar-refractivity contribution < 1.29 is 14.3 Å². The van der Waals surface area contributed by atoms with Crippen LogP contribution in [0, 0.1) is 0 Å². The first kappa shape index (κ1) is 17.5. The zero-order chi connectivity index (χ0) is 17.3. The number of rotatable bonds is 7. The number of hydrogen-bond donors (Lipinski definition) is 1. The molecule has 1 amide bonds. The molecule has 1 aliphatic rings. The third-order valence-corrected chi connectivity index (χ3v) is 4.13. The number of morpholine rings is 1. The molecule has 0 bridgehead atoms. The predicted octanol–water partition coefficient (Wildman–Crippen LogP) is 2.33. The topological polar surface area (TPSA) is 50.8 Å². The fourth-order valence-electron chi connectivity index (χ4n) is 2.73. The average Bonchev–Trinajstić information content (AvgIpc) is 2.67. The average molecular weight is 340 g/mol. The predicted molar refractivity (Wildman–Crippen MR) is 96.8 cm³/mol. The van der Waals surface area contributed by atoms with E-state index in [9.17, 15) is 4.79 Å². The van der Waals surface area contributed by atoms with Crippen molar-refractivity contribution in [2.75, 3.05) is 39.5 Å². The lowest BCUT2D eigenvalue weighted by Crippen LogP contribution is -2.35. The lowest BCUT2D eigenvalue weighted by molar-refractivity contribution is 0.0342. The Bertz CT molecular complexity index is 652. The number of hydrogen-bond acceptors (Lipinski definition) is 4. The lowest BCUT2D eigenvalue weighted by Gasteiger charge is -2.26. The molecule has 0 unspecified atom stereocenters. The Labute approximate surface area is 148 Å². The van der Waals surface area contributed by atoms with Gasteiger partial charge in [0.15, 0.2) is 0 Å². The molecule has 0 atom stereocenters. The normalized spacial score (nSPS) is 14.9. The quantitative estimate of drug-likeness (QED) is 0.786. The van der Waals surface area contributed by atoms with Crippen LogP contribution in [0.4, 0.5) is 0 Å². The molecule has 0 radical (unpaired) electrons. The van der Waals surface area contributed by atoms with Gasteiger partial charge in [-0.05, 0) is 29.8 Å². The molecular formula is C20H24N2O3. The summed E-state index contributed by atoms with van der Waals surface area (Å²) in [6, 6.07) is 17.4. The molecule has 5 nitrogen and oxygen atoms in total. The first-order valence-corrected chi connectivity index (χ1v) is 8.66. The fraction of sp³-hybridized carbons (Fsp3) is 0.350. The SMILES string of the molecule is O=C(NCCOc1ccccc1)c1ccc(CN2CCOCC2)cc1. The molecule has 0 saturated carbocycles. The smallest absolute Gasteiger partial charge is 0.251 e. The molecule has 0 spiro atoms. The number of nitrogens with zero attached hydrogens (tertiary/aromatic N) is 1. The minimum Gasteiger partial charge on any atom is -0.492 e. The van der Waals surface area contributed by atoms with E-state index >= 15 is 0 Å². The van der Waals surface area contributed by atoms with Crippen molar-refractivity contribution in [3.05, 3.63) is 65.7 Å². The first-order valence-electron chi connectivity index (χ1n) is 8.66. The molecule has 1 aliphatic heterocycles. The molecule has 2 aromatic carbocycles. The van der Waals surface area contributed by atoms with Crippen LogP contribution in [0.15, 0.2) is 54.6 Å². The molecule has 1 N–H and O–H groups in total. The van der Waals surface area contributed by atoms with E-state index in [0.717, 1.165) is 38.6 Å². The Morgan fingerprint density at radius 1 is 1.04 bits per heavy atom. The summed E-state index contributed by atoms with van der Waals surface area (Å²) in [6.45, 7) is 5.34. The fourth-order valence-corrected chi connectivity index (χ4v) is 2.73. The van der Waals surface area contributed by atoms with Gasteiger partial charge in [0.25, 0.3) is 5.91 Å². The van der Waals surface area contributed by atoms with Crippen molar-refractivity contribution in [1.29, 1.82) is 0 Å². The summed E-state index contributed by atoms with van der Waals surface area (Å²) < 4.78 is 10.9. The highest BCUT2D eigenvalue weighted by molar-refractivity contribution is 5.94. The molecule has 3 rings (SSSR count). The summed E-state index contributed by atoms with van der Waals surface area (Å²) in [5.74, 6) is 0.735. The van der Waals surface area contributed by atoms with E-state index in [0.29, 0.717) is 18.7 Å². The Hall–Kier alpha value is -2.37. The largest absolute Gasteiger partial charge is 0.492 e. The van der Waals surface area contributed by atoms with Gasteiger partial charge < -0.3 is 14.8 Å². The van der Waals surface area contributed by atoms with Gasteiger partial charge in [-0.2, -0.15) is 0 Å². The van der Waals surface area contributed by atoms with Gasteiger partial charge in [0.05, 0.1) is 19.8 Å². The number of benzene rings is 2. The molecule has 0 aromatic heterocycles. The zero-order valence-electron chi connectivity index (χ0n) is 14.3. The second-order valence-corrected chi connectivity index (χ2v) is 6.00. The van der Waals surface area contributed by atoms with E-state index in [1.807, 2.05) is 54.6 Å². The van der Waals surface area contributed by atoms with Crippen LogP contribution in [0.1, 0.15) is 15.9 Å². The highest BCUT2D eigenvalue weighted by atomic mass is 16.5. The number of carbonyl (C=O) groups is 1. The standard InChI is InChI=1S/C20H24N2O3/c23-20(21-10-13-25-19-4-2-1-3-5-19)18-8-6-17(7-9-18)16-22-11-14-24-15-12-22/h1-9H,10-16H2,(H,21,23). The summed E-state index contributed by atoms with van der Waals surface area (Å²) in [5.41, 5.74) is 1.89. The van der Waals surface area contributed by atoms with Crippen LogP contribution < -0.4 is 10.1 Å². The van der Waals surface area contributed by atoms with Crippen molar-refractivity contribution in [1.82, 2.24) is 10.2 Å². The summed E-state index contributed by atoms with van der Waals surface area (Å²) >= 11 is 0. The van der Waals surface area contributed by atoms with Crippen LogP contribution >= 0.6 is 0 Å². The van der Waals surface area contributed by atoms with Gasteiger partial charge >= 0.3 is 0 Å². The first-order chi connectivity index (χ1) is 12.3. The Kier molecular flexibility index (Phi) is 6.42. The van der Waals surface area contributed by atoms with Crippen LogP contribution in [0.2, 0.25) is 0 Å². The third-order valence-electron chi connectivity index (χ3n) is 4.13. The maximum Gasteiger partial charge on any atom is 0.251 e. The van der Waals surface area contributed by atoms with Gasteiger partial charge in [0.1, 0.15) is 12.4 Å². The molecule has 5 heteroatoms. The zero-order valence-corrected chi connectivity index (χ0v) is 14.3. The molecule has 2 aromatic rings. The highest BCUT2D eigenvalue weighted by Gasteiger charge is 2.11. The molecule has 1 fully saturated rings. The molecule has 1 saturated heterocycles. The minimum absolute atomic E-state index is 0.0745. The minimum atomic E-state index is -0.0745. The van der Waals surface area contributed by atoms with E-state index in [1.54, 1.807) is 0 Å². The Balaban J connectivity index is 1.41. The third kappa shape index (κ3) is 5.59. The molecule has 0 aliphatic carbocycles. The Morgan fingerprint density at radius 2 is 1.76 bits per heavy atom. The van der Waals surface area contributed by atoms with Crippen LogP contribution in [0.25, 0.3) is 0 Å². The van der Waals surface area contributed by atoms with Crippen LogP contribution in [-0.4, -0.2) is 50.3 Å². The van der Waals surface area contributed by atoms with Crippen molar-refractivity contribution in [2.45, 2.75) is 6.54 Å². The summed E-state index contributed by atoms with van der Waals surface area (Å²) in [6.07, 6.45) is 0. The number of para-hydroxylation sites is 1. The van der Waals surface area contributed by atoms with Gasteiger partial charge in [0.2, 0.25) is 0 Å². The van der Waals surface area contributed by atoms with Gasteiger partial charge in [-0.3, -0.25) is 9.69 Å². The van der Waals surface area contributed by atoms with Gasteiger partial charge in [0, 0.05) is 25.2 Å². The van der Waals surface area contributed by atoms with E-state index < -0.39 is 0 Å². The molecule has 132 valence electrons. The summed E-state index contributed by atoms with van der Waals surface area (Å²) in [5, 5.41) is 2.88. The van der Waals surface area contributed by atoms with Crippen molar-refractivity contribution in [3.8, 4) is 5.75 Å². The van der Waals surface area contributed by atoms with Crippen molar-refractivity contribution >= 4 is 5.91 Å². The summed E-state index contributed by atoms with van der Waals surface area (Å²) in [7, 11) is 0. The molecular weight excluding hydrogens is 316 g/mol. The molecule has 1 heterocycles. The summed E-state index contributed by atoms with van der Waals surface area (Å²) in [4.78, 5) is 14.5. The van der Waals surface area contributed by atoms with Gasteiger partial charge in [-0.25, -0.2) is 0 Å². The van der Waals surface area contributed by atoms with E-state index in [1.165, 1.54) is 5.56 Å². The number of ether oxygens (including phenoxy) is 2. The highest BCUT2D eigenvalue weighted by Crippen LogP contribution is 2.10. The number of carbonyl (C=O) groups excluding carboxylic acids is 1. The molecule has 25 heavy (non-hydrogen) atoms. The van der Waals surface area contributed by atoms with E-state index in [2.05, 4.69) is 10.2 Å². The van der Waals surface area contributed by atoms with E-state index in [-0.39, 0.29) is 5.91 Å². The maximum atomic E-state index is 12.2.